The molecule has 0 bridgehead atoms. The van der Waals surface area contributed by atoms with Crippen LogP contribution in [0.5, 0.6) is 0 Å². The number of aliphatic hydroxyl groups is 1. The summed E-state index contributed by atoms with van der Waals surface area (Å²) in [6.45, 7) is 0.631. The Balaban J connectivity index is 2.06. The zero-order chi connectivity index (χ0) is 13.7. The fourth-order valence-electron chi connectivity index (χ4n) is 2.55. The molecule has 4 heteroatoms. The van der Waals surface area contributed by atoms with Gasteiger partial charge in [0.25, 0.3) is 0 Å². The van der Waals surface area contributed by atoms with Gasteiger partial charge in [-0.05, 0) is 24.8 Å². The van der Waals surface area contributed by atoms with Crippen LogP contribution < -0.4 is 0 Å². The molecule has 2 unspecified atom stereocenters. The Hall–Kier alpha value is -1.86. The third kappa shape index (κ3) is 3.12. The summed E-state index contributed by atoms with van der Waals surface area (Å²) in [5.41, 5.74) is 0.988. The van der Waals surface area contributed by atoms with E-state index in [4.69, 9.17) is 0 Å². The van der Waals surface area contributed by atoms with E-state index in [0.717, 1.165) is 18.4 Å². The molecule has 1 aromatic rings. The number of carbonyl (C=O) groups excluding carboxylic acids is 1. The van der Waals surface area contributed by atoms with Crippen LogP contribution in [0.3, 0.4) is 0 Å². The standard InChI is InChI=1S/C15H18N2O2/c16-10-13(9-12-5-2-1-3-6-12)15(19)17-8-4-7-14(17)11-18/h1-3,5-6,13-14,18H,4,7-9,11H2. The van der Waals surface area contributed by atoms with E-state index in [-0.39, 0.29) is 18.6 Å². The Bertz CT molecular complexity index is 467. The van der Waals surface area contributed by atoms with Crippen molar-refractivity contribution in [2.24, 2.45) is 5.92 Å². The van der Waals surface area contributed by atoms with Gasteiger partial charge in [0.15, 0.2) is 0 Å². The van der Waals surface area contributed by atoms with Crippen molar-refractivity contribution in [3.05, 3.63) is 35.9 Å². The van der Waals surface area contributed by atoms with E-state index in [0.29, 0.717) is 13.0 Å². The molecule has 0 aliphatic carbocycles. The molecular weight excluding hydrogens is 240 g/mol. The summed E-state index contributed by atoms with van der Waals surface area (Å²) in [7, 11) is 0. The van der Waals surface area contributed by atoms with Crippen molar-refractivity contribution in [1.82, 2.24) is 4.90 Å². The van der Waals surface area contributed by atoms with Crippen LogP contribution in [0.25, 0.3) is 0 Å². The lowest BCUT2D eigenvalue weighted by Crippen LogP contribution is -2.41. The third-order valence-corrected chi connectivity index (χ3v) is 3.61. The second-order valence-electron chi connectivity index (χ2n) is 4.88. The smallest absolute Gasteiger partial charge is 0.240 e. The summed E-state index contributed by atoms with van der Waals surface area (Å²) < 4.78 is 0. The molecule has 4 nitrogen and oxygen atoms in total. The van der Waals surface area contributed by atoms with Crippen molar-refractivity contribution < 1.29 is 9.90 Å². The summed E-state index contributed by atoms with van der Waals surface area (Å²) in [4.78, 5) is 14.0. The molecule has 2 rings (SSSR count). The molecule has 1 saturated heterocycles. The van der Waals surface area contributed by atoms with Gasteiger partial charge in [0.05, 0.1) is 18.7 Å². The zero-order valence-corrected chi connectivity index (χ0v) is 10.8. The molecule has 100 valence electrons. The molecule has 1 N–H and O–H groups in total. The predicted molar refractivity (Wildman–Crippen MR) is 71.1 cm³/mol. The Labute approximate surface area is 113 Å². The average molecular weight is 258 g/mol. The minimum absolute atomic E-state index is 0.0186. The number of carbonyl (C=O) groups is 1. The summed E-state index contributed by atoms with van der Waals surface area (Å²) in [5.74, 6) is -0.808. The van der Waals surface area contributed by atoms with E-state index in [1.165, 1.54) is 0 Å². The first-order valence-electron chi connectivity index (χ1n) is 6.61. The van der Waals surface area contributed by atoms with Crippen molar-refractivity contribution in [3.63, 3.8) is 0 Å². The number of aliphatic hydroxyl groups excluding tert-OH is 1. The van der Waals surface area contributed by atoms with Gasteiger partial charge in [-0.15, -0.1) is 0 Å². The lowest BCUT2D eigenvalue weighted by atomic mass is 9.99. The van der Waals surface area contributed by atoms with Crippen LogP contribution in [0.15, 0.2) is 30.3 Å². The van der Waals surface area contributed by atoms with Gasteiger partial charge < -0.3 is 10.0 Å². The predicted octanol–water partition coefficient (Wildman–Crippen LogP) is 1.35. The van der Waals surface area contributed by atoms with Crippen LogP contribution in [0.4, 0.5) is 0 Å². The molecule has 0 radical (unpaired) electrons. The molecule has 1 aliphatic rings. The van der Waals surface area contributed by atoms with Gasteiger partial charge in [0.1, 0.15) is 5.92 Å². The lowest BCUT2D eigenvalue weighted by molar-refractivity contribution is -0.135. The van der Waals surface area contributed by atoms with Gasteiger partial charge in [0, 0.05) is 6.54 Å². The first-order valence-corrected chi connectivity index (χ1v) is 6.61. The van der Waals surface area contributed by atoms with E-state index in [2.05, 4.69) is 6.07 Å². The van der Waals surface area contributed by atoms with Gasteiger partial charge in [0.2, 0.25) is 5.91 Å². The minimum atomic E-state index is -0.658. The number of likely N-dealkylation sites (tertiary alicyclic amines) is 1. The van der Waals surface area contributed by atoms with Gasteiger partial charge in [-0.2, -0.15) is 5.26 Å². The van der Waals surface area contributed by atoms with E-state index < -0.39 is 5.92 Å². The SMILES string of the molecule is N#CC(Cc1ccccc1)C(=O)N1CCCC1CO. The molecule has 19 heavy (non-hydrogen) atoms. The normalized spacial score (nSPS) is 20.0. The summed E-state index contributed by atoms with van der Waals surface area (Å²) in [6, 6.07) is 11.5. The molecule has 1 heterocycles. The van der Waals surface area contributed by atoms with E-state index >= 15 is 0 Å². The fourth-order valence-corrected chi connectivity index (χ4v) is 2.55. The maximum absolute atomic E-state index is 12.3. The molecule has 0 aromatic heterocycles. The number of nitrogens with zero attached hydrogens (tertiary/aromatic N) is 2. The molecule has 0 spiro atoms. The van der Waals surface area contributed by atoms with Crippen molar-refractivity contribution in [2.45, 2.75) is 25.3 Å². The summed E-state index contributed by atoms with van der Waals surface area (Å²) >= 11 is 0. The van der Waals surface area contributed by atoms with E-state index in [1.807, 2.05) is 30.3 Å². The number of hydrogen-bond donors (Lipinski definition) is 1. The number of hydrogen-bond acceptors (Lipinski definition) is 3. The first kappa shape index (κ1) is 13.6. The van der Waals surface area contributed by atoms with Crippen molar-refractivity contribution in [1.29, 1.82) is 5.26 Å². The average Bonchev–Trinajstić information content (AvgIpc) is 2.93. The largest absolute Gasteiger partial charge is 0.394 e. The molecule has 1 fully saturated rings. The van der Waals surface area contributed by atoms with Crippen molar-refractivity contribution in [3.8, 4) is 6.07 Å². The molecule has 1 aromatic carbocycles. The maximum atomic E-state index is 12.3. The van der Waals surface area contributed by atoms with Gasteiger partial charge in [-0.25, -0.2) is 0 Å². The topological polar surface area (TPSA) is 64.3 Å². The quantitative estimate of drug-likeness (QED) is 0.886. The van der Waals surface area contributed by atoms with Gasteiger partial charge >= 0.3 is 0 Å². The fraction of sp³-hybridized carbons (Fsp3) is 0.467. The highest BCUT2D eigenvalue weighted by atomic mass is 16.3. The highest BCUT2D eigenvalue weighted by Gasteiger charge is 2.32. The third-order valence-electron chi connectivity index (χ3n) is 3.61. The minimum Gasteiger partial charge on any atom is -0.394 e. The monoisotopic (exact) mass is 258 g/mol. The molecule has 2 atom stereocenters. The highest BCUT2D eigenvalue weighted by Crippen LogP contribution is 2.21. The van der Waals surface area contributed by atoms with Crippen LogP contribution in [0.2, 0.25) is 0 Å². The number of rotatable bonds is 4. The van der Waals surface area contributed by atoms with E-state index in [9.17, 15) is 15.2 Å². The number of benzene rings is 1. The maximum Gasteiger partial charge on any atom is 0.240 e. The molecule has 1 aliphatic heterocycles. The van der Waals surface area contributed by atoms with Crippen LogP contribution >= 0.6 is 0 Å². The van der Waals surface area contributed by atoms with Gasteiger partial charge in [-0.3, -0.25) is 4.79 Å². The molecule has 1 amide bonds. The van der Waals surface area contributed by atoms with Crippen LogP contribution in [0, 0.1) is 17.2 Å². The Morgan fingerprint density at radius 2 is 2.21 bits per heavy atom. The Morgan fingerprint density at radius 3 is 2.84 bits per heavy atom. The van der Waals surface area contributed by atoms with Crippen LogP contribution in [0.1, 0.15) is 18.4 Å². The number of amides is 1. The molecular formula is C15H18N2O2. The lowest BCUT2D eigenvalue weighted by Gasteiger charge is -2.25. The van der Waals surface area contributed by atoms with Crippen LogP contribution in [-0.4, -0.2) is 35.1 Å². The van der Waals surface area contributed by atoms with Crippen LogP contribution in [-0.2, 0) is 11.2 Å². The number of nitriles is 1. The summed E-state index contributed by atoms with van der Waals surface area (Å²) in [5, 5.41) is 18.5. The Morgan fingerprint density at radius 1 is 1.47 bits per heavy atom. The van der Waals surface area contributed by atoms with Crippen molar-refractivity contribution in [2.75, 3.05) is 13.2 Å². The first-order chi connectivity index (χ1) is 9.26. The Kier molecular flexibility index (Phi) is 4.53. The zero-order valence-electron chi connectivity index (χ0n) is 10.8. The van der Waals surface area contributed by atoms with Crippen molar-refractivity contribution >= 4 is 5.91 Å². The van der Waals surface area contributed by atoms with Gasteiger partial charge in [-0.1, -0.05) is 30.3 Å². The second-order valence-corrected chi connectivity index (χ2v) is 4.88. The molecule has 0 saturated carbocycles. The summed E-state index contributed by atoms with van der Waals surface area (Å²) in [6.07, 6.45) is 2.16. The van der Waals surface area contributed by atoms with E-state index in [1.54, 1.807) is 4.90 Å². The highest BCUT2D eigenvalue weighted by molar-refractivity contribution is 5.82. The second kappa shape index (κ2) is 6.35.